The van der Waals surface area contributed by atoms with Crippen molar-refractivity contribution >= 4 is 9.84 Å². The van der Waals surface area contributed by atoms with Crippen LogP contribution in [-0.4, -0.2) is 59.3 Å². The SMILES string of the molecule is CS(=O)(=O)c1ccc(-c2cnc([C@@H]3COCCN3Cc3ncc[nH]3)[nH]2)cc1. The van der Waals surface area contributed by atoms with Gasteiger partial charge in [-0.25, -0.2) is 18.4 Å². The number of H-pyrrole nitrogens is 2. The fraction of sp³-hybridized carbons (Fsp3) is 0.333. The largest absolute Gasteiger partial charge is 0.378 e. The molecule has 8 nitrogen and oxygen atoms in total. The number of rotatable bonds is 5. The number of nitrogens with one attached hydrogen (secondary N) is 2. The van der Waals surface area contributed by atoms with Gasteiger partial charge in [-0.1, -0.05) is 12.1 Å². The van der Waals surface area contributed by atoms with Gasteiger partial charge in [-0.3, -0.25) is 4.90 Å². The molecule has 3 aromatic rings. The second-order valence-electron chi connectivity index (χ2n) is 6.58. The van der Waals surface area contributed by atoms with Crippen LogP contribution in [-0.2, 0) is 21.1 Å². The second kappa shape index (κ2) is 7.26. The molecule has 1 aliphatic heterocycles. The summed E-state index contributed by atoms with van der Waals surface area (Å²) in [4.78, 5) is 17.9. The van der Waals surface area contributed by atoms with Gasteiger partial charge < -0.3 is 14.7 Å². The second-order valence-corrected chi connectivity index (χ2v) is 8.59. The molecular weight excluding hydrogens is 366 g/mol. The molecule has 0 bridgehead atoms. The van der Waals surface area contributed by atoms with Crippen LogP contribution in [0.15, 0.2) is 47.8 Å². The van der Waals surface area contributed by atoms with Gasteiger partial charge in [0.05, 0.1) is 42.6 Å². The van der Waals surface area contributed by atoms with Gasteiger partial charge in [-0.2, -0.15) is 0 Å². The predicted molar refractivity (Wildman–Crippen MR) is 99.7 cm³/mol. The van der Waals surface area contributed by atoms with Crippen molar-refractivity contribution in [2.75, 3.05) is 26.0 Å². The minimum Gasteiger partial charge on any atom is -0.378 e. The van der Waals surface area contributed by atoms with Crippen LogP contribution >= 0.6 is 0 Å². The first-order valence-electron chi connectivity index (χ1n) is 8.66. The Kier molecular flexibility index (Phi) is 4.81. The highest BCUT2D eigenvalue weighted by Crippen LogP contribution is 2.26. The first kappa shape index (κ1) is 17.9. The molecular formula is C18H21N5O3S. The van der Waals surface area contributed by atoms with E-state index in [-0.39, 0.29) is 6.04 Å². The third-order valence-electron chi connectivity index (χ3n) is 4.65. The number of morpholine rings is 1. The highest BCUT2D eigenvalue weighted by atomic mass is 32.2. The summed E-state index contributed by atoms with van der Waals surface area (Å²) >= 11 is 0. The predicted octanol–water partition coefficient (Wildman–Crippen LogP) is 1.78. The summed E-state index contributed by atoms with van der Waals surface area (Å²) in [5.41, 5.74) is 1.73. The van der Waals surface area contributed by atoms with E-state index >= 15 is 0 Å². The van der Waals surface area contributed by atoms with Crippen LogP contribution in [0.5, 0.6) is 0 Å². The van der Waals surface area contributed by atoms with Gasteiger partial charge in [-0.15, -0.1) is 0 Å². The van der Waals surface area contributed by atoms with Crippen LogP contribution in [0.25, 0.3) is 11.3 Å². The maximum absolute atomic E-state index is 11.6. The summed E-state index contributed by atoms with van der Waals surface area (Å²) in [5, 5.41) is 0. The van der Waals surface area contributed by atoms with Gasteiger partial charge in [0.1, 0.15) is 11.6 Å². The average Bonchev–Trinajstić information content (AvgIpc) is 3.34. The lowest BCUT2D eigenvalue weighted by molar-refractivity contribution is -0.0166. The molecule has 9 heteroatoms. The number of aromatic nitrogens is 4. The van der Waals surface area contributed by atoms with Crippen LogP contribution in [0.3, 0.4) is 0 Å². The monoisotopic (exact) mass is 387 g/mol. The lowest BCUT2D eigenvalue weighted by atomic mass is 10.2. The lowest BCUT2D eigenvalue weighted by Crippen LogP contribution is -2.39. The van der Waals surface area contributed by atoms with E-state index in [1.165, 1.54) is 6.26 Å². The van der Waals surface area contributed by atoms with E-state index in [2.05, 4.69) is 24.8 Å². The molecule has 0 aliphatic carbocycles. The molecule has 1 atom stereocenters. The topological polar surface area (TPSA) is 104 Å². The van der Waals surface area contributed by atoms with Crippen molar-refractivity contribution in [3.8, 4) is 11.3 Å². The summed E-state index contributed by atoms with van der Waals surface area (Å²) in [6.45, 7) is 2.73. The summed E-state index contributed by atoms with van der Waals surface area (Å²) in [6.07, 6.45) is 6.53. The minimum atomic E-state index is -3.20. The highest BCUT2D eigenvalue weighted by Gasteiger charge is 2.27. The van der Waals surface area contributed by atoms with Crippen molar-refractivity contribution in [3.05, 3.63) is 54.5 Å². The van der Waals surface area contributed by atoms with E-state index in [0.29, 0.717) is 24.7 Å². The maximum atomic E-state index is 11.6. The van der Waals surface area contributed by atoms with Crippen molar-refractivity contribution in [2.24, 2.45) is 0 Å². The molecule has 2 aromatic heterocycles. The minimum absolute atomic E-state index is 0.00731. The zero-order chi connectivity index (χ0) is 18.9. The van der Waals surface area contributed by atoms with Crippen molar-refractivity contribution < 1.29 is 13.2 Å². The maximum Gasteiger partial charge on any atom is 0.175 e. The zero-order valence-electron chi connectivity index (χ0n) is 14.9. The smallest absolute Gasteiger partial charge is 0.175 e. The van der Waals surface area contributed by atoms with Crippen molar-refractivity contribution in [2.45, 2.75) is 17.5 Å². The van der Waals surface area contributed by atoms with Crippen LogP contribution in [0.1, 0.15) is 17.7 Å². The van der Waals surface area contributed by atoms with Crippen molar-refractivity contribution in [1.82, 2.24) is 24.8 Å². The number of aromatic amines is 2. The normalized spacial score (nSPS) is 18.6. The standard InChI is InChI=1S/C18H21N5O3S/c1-27(24,25)14-4-2-13(3-5-14)15-10-21-18(22-15)16-12-26-9-8-23(16)11-17-19-6-7-20-17/h2-7,10,16H,8-9,11-12H2,1H3,(H,19,20)(H,21,22)/t16-/m0/s1. The number of hydrogen-bond donors (Lipinski definition) is 2. The van der Waals surface area contributed by atoms with Gasteiger partial charge in [0.25, 0.3) is 0 Å². The summed E-state index contributed by atoms with van der Waals surface area (Å²) in [5.74, 6) is 1.73. The Balaban J connectivity index is 1.55. The van der Waals surface area contributed by atoms with Gasteiger partial charge in [0.15, 0.2) is 9.84 Å². The van der Waals surface area contributed by atoms with Gasteiger partial charge in [0.2, 0.25) is 0 Å². The molecule has 0 radical (unpaired) electrons. The molecule has 0 spiro atoms. The molecule has 27 heavy (non-hydrogen) atoms. The van der Waals surface area contributed by atoms with Crippen LogP contribution in [0, 0.1) is 0 Å². The number of sulfone groups is 1. The number of hydrogen-bond acceptors (Lipinski definition) is 6. The zero-order valence-corrected chi connectivity index (χ0v) is 15.7. The van der Waals surface area contributed by atoms with E-state index in [4.69, 9.17) is 4.74 Å². The Morgan fingerprint density at radius 2 is 2.07 bits per heavy atom. The molecule has 4 rings (SSSR count). The van der Waals surface area contributed by atoms with Gasteiger partial charge in [0, 0.05) is 25.2 Å². The first-order valence-corrected chi connectivity index (χ1v) is 10.6. The van der Waals surface area contributed by atoms with E-state index < -0.39 is 9.84 Å². The molecule has 0 saturated carbocycles. The molecule has 1 aliphatic rings. The Bertz CT molecular complexity index is 996. The number of ether oxygens (including phenoxy) is 1. The third kappa shape index (κ3) is 3.95. The fourth-order valence-electron chi connectivity index (χ4n) is 3.19. The van der Waals surface area contributed by atoms with Crippen LogP contribution in [0.2, 0.25) is 0 Å². The number of benzene rings is 1. The van der Waals surface area contributed by atoms with E-state index in [0.717, 1.165) is 29.5 Å². The fourth-order valence-corrected chi connectivity index (χ4v) is 3.82. The van der Waals surface area contributed by atoms with Gasteiger partial charge >= 0.3 is 0 Å². The Hall–Kier alpha value is -2.49. The Morgan fingerprint density at radius 3 is 2.78 bits per heavy atom. The number of imidazole rings is 2. The molecule has 1 saturated heterocycles. The quantitative estimate of drug-likeness (QED) is 0.692. The molecule has 142 valence electrons. The molecule has 0 amide bonds. The molecule has 3 heterocycles. The third-order valence-corrected chi connectivity index (χ3v) is 5.78. The first-order chi connectivity index (χ1) is 13.0. The summed E-state index contributed by atoms with van der Waals surface area (Å²) in [7, 11) is -3.20. The summed E-state index contributed by atoms with van der Waals surface area (Å²) in [6, 6.07) is 6.79. The van der Waals surface area contributed by atoms with Crippen LogP contribution < -0.4 is 0 Å². The van der Waals surface area contributed by atoms with E-state index in [9.17, 15) is 8.42 Å². The Labute approximate surface area is 157 Å². The van der Waals surface area contributed by atoms with E-state index in [1.807, 2.05) is 6.20 Å². The molecule has 1 fully saturated rings. The molecule has 0 unspecified atom stereocenters. The van der Waals surface area contributed by atoms with E-state index in [1.54, 1.807) is 36.7 Å². The van der Waals surface area contributed by atoms with Gasteiger partial charge in [-0.05, 0) is 17.7 Å². The van der Waals surface area contributed by atoms with Crippen molar-refractivity contribution in [1.29, 1.82) is 0 Å². The lowest BCUT2D eigenvalue weighted by Gasteiger charge is -2.33. The average molecular weight is 387 g/mol. The molecule has 1 aromatic carbocycles. The van der Waals surface area contributed by atoms with Crippen LogP contribution in [0.4, 0.5) is 0 Å². The highest BCUT2D eigenvalue weighted by molar-refractivity contribution is 7.90. The van der Waals surface area contributed by atoms with Crippen molar-refractivity contribution in [3.63, 3.8) is 0 Å². The summed E-state index contributed by atoms with van der Waals surface area (Å²) < 4.78 is 28.9. The molecule has 2 N–H and O–H groups in total. The number of nitrogens with zero attached hydrogens (tertiary/aromatic N) is 3. The Morgan fingerprint density at radius 1 is 1.26 bits per heavy atom.